The molecule has 2 N–H and O–H groups in total. The van der Waals surface area contributed by atoms with E-state index < -0.39 is 5.91 Å². The number of carbonyl (C=O) groups is 1. The van der Waals surface area contributed by atoms with Crippen LogP contribution in [0.15, 0.2) is 48.4 Å². The monoisotopic (exact) mass is 463 g/mol. The average Bonchev–Trinajstić information content (AvgIpc) is 3.59. The van der Waals surface area contributed by atoms with Gasteiger partial charge in [0.25, 0.3) is 5.91 Å². The van der Waals surface area contributed by atoms with E-state index in [4.69, 9.17) is 15.6 Å². The van der Waals surface area contributed by atoms with Gasteiger partial charge in [-0.15, -0.1) is 11.3 Å². The molecule has 1 amide bonds. The third kappa shape index (κ3) is 4.44. The molecule has 4 aromatic rings. The van der Waals surface area contributed by atoms with Crippen LogP contribution in [0.1, 0.15) is 49.1 Å². The first-order valence-corrected chi connectivity index (χ1v) is 11.9. The Bertz CT molecular complexity index is 1240. The fourth-order valence-corrected chi connectivity index (χ4v) is 5.00. The van der Waals surface area contributed by atoms with Gasteiger partial charge >= 0.3 is 0 Å². The quantitative estimate of drug-likeness (QED) is 0.445. The molecule has 0 unspecified atom stereocenters. The lowest BCUT2D eigenvalue weighted by Crippen LogP contribution is -2.24. The largest absolute Gasteiger partial charge is 0.379 e. The maximum Gasteiger partial charge on any atom is 0.268 e. The van der Waals surface area contributed by atoms with Crippen molar-refractivity contribution in [2.75, 3.05) is 6.61 Å². The molecule has 170 valence electrons. The van der Waals surface area contributed by atoms with E-state index >= 15 is 0 Å². The highest BCUT2D eigenvalue weighted by atomic mass is 32.1. The Morgan fingerprint density at radius 3 is 2.79 bits per heavy atom. The molecule has 10 heteroatoms. The van der Waals surface area contributed by atoms with Crippen molar-refractivity contribution >= 4 is 17.2 Å². The van der Waals surface area contributed by atoms with Gasteiger partial charge in [-0.05, 0) is 44.7 Å². The van der Waals surface area contributed by atoms with Crippen molar-refractivity contribution in [2.45, 2.75) is 44.8 Å². The van der Waals surface area contributed by atoms with Gasteiger partial charge in [-0.1, -0.05) is 6.07 Å². The van der Waals surface area contributed by atoms with Crippen LogP contribution in [0.3, 0.4) is 0 Å². The molecule has 0 spiro atoms. The van der Waals surface area contributed by atoms with E-state index in [1.54, 1.807) is 22.5 Å². The molecule has 0 aromatic carbocycles. The molecular weight excluding hydrogens is 438 g/mol. The summed E-state index contributed by atoms with van der Waals surface area (Å²) < 4.78 is 9.65. The zero-order valence-electron chi connectivity index (χ0n) is 18.3. The lowest BCUT2D eigenvalue weighted by Gasteiger charge is -2.28. The van der Waals surface area contributed by atoms with E-state index in [0.717, 1.165) is 54.9 Å². The second kappa shape index (κ2) is 9.24. The Morgan fingerprint density at radius 2 is 2.09 bits per heavy atom. The molecular formula is C23H25N7O2S. The number of amides is 1. The highest BCUT2D eigenvalue weighted by molar-refractivity contribution is 7.13. The van der Waals surface area contributed by atoms with Crippen molar-refractivity contribution in [3.63, 3.8) is 0 Å². The number of hydrogen-bond donors (Lipinski definition) is 1. The fraction of sp³-hybridized carbons (Fsp3) is 0.348. The molecule has 1 aliphatic rings. The standard InChI is InChI=1S/C23H25N7O2S/c1-2-32-17-8-6-16(7-9-17)29-13-20(21(28-29)18-5-3-4-10-25-18)30-12-15(11-26-30)23-27-19(14-33-23)22(24)31/h3-5,10-14,16-17H,2,6-9H2,1H3,(H2,24,31). The first-order valence-electron chi connectivity index (χ1n) is 11.0. The summed E-state index contributed by atoms with van der Waals surface area (Å²) in [5, 5.41) is 11.9. The summed E-state index contributed by atoms with van der Waals surface area (Å²) >= 11 is 1.36. The van der Waals surface area contributed by atoms with Gasteiger partial charge in [-0.25, -0.2) is 9.67 Å². The number of nitrogens with zero attached hydrogens (tertiary/aromatic N) is 6. The van der Waals surface area contributed by atoms with Crippen LogP contribution >= 0.6 is 11.3 Å². The average molecular weight is 464 g/mol. The van der Waals surface area contributed by atoms with Gasteiger partial charge in [0.1, 0.15) is 22.1 Å². The van der Waals surface area contributed by atoms with Gasteiger partial charge in [0, 0.05) is 29.9 Å². The molecule has 9 nitrogen and oxygen atoms in total. The minimum Gasteiger partial charge on any atom is -0.379 e. The van der Waals surface area contributed by atoms with Crippen molar-refractivity contribution in [1.82, 2.24) is 29.5 Å². The number of ether oxygens (including phenoxy) is 1. The van der Waals surface area contributed by atoms with Gasteiger partial charge in [-0.3, -0.25) is 14.5 Å². The molecule has 0 bridgehead atoms. The van der Waals surface area contributed by atoms with Gasteiger partial charge in [0.2, 0.25) is 0 Å². The highest BCUT2D eigenvalue weighted by Crippen LogP contribution is 2.33. The number of carbonyl (C=O) groups excluding carboxylic acids is 1. The normalized spacial score (nSPS) is 18.5. The lowest BCUT2D eigenvalue weighted by atomic mass is 9.93. The van der Waals surface area contributed by atoms with Crippen LogP contribution in [0.25, 0.3) is 27.6 Å². The van der Waals surface area contributed by atoms with Crippen molar-refractivity contribution in [3.8, 4) is 27.6 Å². The fourth-order valence-electron chi connectivity index (χ4n) is 4.22. The third-order valence-electron chi connectivity index (χ3n) is 5.87. The predicted molar refractivity (Wildman–Crippen MR) is 125 cm³/mol. The molecule has 4 aromatic heterocycles. The molecule has 1 saturated carbocycles. The SMILES string of the molecule is CCOC1CCC(n2cc(-n3cc(-c4nc(C(N)=O)cs4)cn3)c(-c3ccccn3)n2)CC1. The maximum absolute atomic E-state index is 11.4. The summed E-state index contributed by atoms with van der Waals surface area (Å²) in [5.41, 5.74) is 8.82. The Balaban J connectivity index is 1.48. The van der Waals surface area contributed by atoms with Crippen LogP contribution < -0.4 is 5.73 Å². The van der Waals surface area contributed by atoms with Crippen LogP contribution in [0.4, 0.5) is 0 Å². The van der Waals surface area contributed by atoms with Gasteiger partial charge in [0.05, 0.1) is 30.2 Å². The summed E-state index contributed by atoms with van der Waals surface area (Å²) in [7, 11) is 0. The van der Waals surface area contributed by atoms with Gasteiger partial charge in [0.15, 0.2) is 0 Å². The summed E-state index contributed by atoms with van der Waals surface area (Å²) in [5.74, 6) is -0.539. The molecule has 33 heavy (non-hydrogen) atoms. The Kier molecular flexibility index (Phi) is 6.01. The van der Waals surface area contributed by atoms with Crippen LogP contribution in [-0.4, -0.2) is 48.1 Å². The minimum atomic E-state index is -0.539. The van der Waals surface area contributed by atoms with Crippen molar-refractivity contribution in [1.29, 1.82) is 0 Å². The number of thiazole rings is 1. The second-order valence-electron chi connectivity index (χ2n) is 8.02. The summed E-state index contributed by atoms with van der Waals surface area (Å²) in [6, 6.07) is 6.10. The first-order chi connectivity index (χ1) is 16.1. The Morgan fingerprint density at radius 1 is 1.24 bits per heavy atom. The first kappa shape index (κ1) is 21.5. The summed E-state index contributed by atoms with van der Waals surface area (Å²) in [6.07, 6.45) is 11.9. The Labute approximate surface area is 195 Å². The molecule has 4 heterocycles. The summed E-state index contributed by atoms with van der Waals surface area (Å²) in [6.45, 7) is 2.80. The Hall–Kier alpha value is -3.37. The van der Waals surface area contributed by atoms with Crippen molar-refractivity contribution < 1.29 is 9.53 Å². The zero-order chi connectivity index (χ0) is 22.8. The number of nitrogens with two attached hydrogens (primary N) is 1. The molecule has 1 fully saturated rings. The number of rotatable bonds is 7. The smallest absolute Gasteiger partial charge is 0.268 e. The number of aromatic nitrogens is 6. The van der Waals surface area contributed by atoms with Gasteiger partial charge < -0.3 is 10.5 Å². The van der Waals surface area contributed by atoms with E-state index in [9.17, 15) is 4.79 Å². The second-order valence-corrected chi connectivity index (χ2v) is 8.88. The van der Waals surface area contributed by atoms with E-state index in [1.807, 2.05) is 37.5 Å². The van der Waals surface area contributed by atoms with Gasteiger partial charge in [-0.2, -0.15) is 10.2 Å². The molecule has 0 saturated heterocycles. The topological polar surface area (TPSA) is 114 Å². The summed E-state index contributed by atoms with van der Waals surface area (Å²) in [4.78, 5) is 20.2. The number of pyridine rings is 1. The number of hydrogen-bond acceptors (Lipinski definition) is 7. The molecule has 0 aliphatic heterocycles. The lowest BCUT2D eigenvalue weighted by molar-refractivity contribution is 0.0260. The predicted octanol–water partition coefficient (Wildman–Crippen LogP) is 3.87. The molecule has 0 radical (unpaired) electrons. The van der Waals surface area contributed by atoms with E-state index in [-0.39, 0.29) is 5.69 Å². The van der Waals surface area contributed by atoms with Crippen molar-refractivity contribution in [2.24, 2.45) is 5.73 Å². The van der Waals surface area contributed by atoms with E-state index in [0.29, 0.717) is 17.2 Å². The van der Waals surface area contributed by atoms with E-state index in [2.05, 4.69) is 19.7 Å². The molecule has 1 aliphatic carbocycles. The van der Waals surface area contributed by atoms with E-state index in [1.165, 1.54) is 11.3 Å². The van der Waals surface area contributed by atoms with Crippen molar-refractivity contribution in [3.05, 3.63) is 54.1 Å². The third-order valence-corrected chi connectivity index (χ3v) is 6.76. The van der Waals surface area contributed by atoms with Crippen LogP contribution in [0.2, 0.25) is 0 Å². The van der Waals surface area contributed by atoms with Crippen LogP contribution in [-0.2, 0) is 4.74 Å². The maximum atomic E-state index is 11.4. The number of primary amides is 1. The minimum absolute atomic E-state index is 0.257. The highest BCUT2D eigenvalue weighted by Gasteiger charge is 2.25. The molecule has 5 rings (SSSR count). The van der Waals surface area contributed by atoms with Crippen LogP contribution in [0, 0.1) is 0 Å². The molecule has 0 atom stereocenters. The van der Waals surface area contributed by atoms with Crippen LogP contribution in [0.5, 0.6) is 0 Å². The zero-order valence-corrected chi connectivity index (χ0v) is 19.1.